The van der Waals surface area contributed by atoms with Crippen molar-refractivity contribution in [3.05, 3.63) is 72.9 Å². The maximum Gasteiger partial charge on any atom is 0.472 e. The molecule has 0 aromatic carbocycles. The molecule has 68 heavy (non-hydrogen) atoms. The van der Waals surface area contributed by atoms with Crippen molar-refractivity contribution in [3.63, 3.8) is 0 Å². The number of rotatable bonds is 41. The van der Waals surface area contributed by atoms with Gasteiger partial charge in [-0.1, -0.05) is 145 Å². The molecule has 0 saturated heterocycles. The zero-order valence-electron chi connectivity index (χ0n) is 41.1. The van der Waals surface area contributed by atoms with Crippen molar-refractivity contribution in [3.8, 4) is 0 Å². The van der Waals surface area contributed by atoms with Crippen LogP contribution in [-0.4, -0.2) is 121 Å². The van der Waals surface area contributed by atoms with Crippen molar-refractivity contribution in [1.82, 2.24) is 0 Å². The highest BCUT2D eigenvalue weighted by molar-refractivity contribution is 7.47. The van der Waals surface area contributed by atoms with Gasteiger partial charge in [0.1, 0.15) is 43.2 Å². The Hall–Kier alpha value is -2.79. The lowest BCUT2D eigenvalue weighted by molar-refractivity contribution is -0.220. The third kappa shape index (κ3) is 32.2. The van der Waals surface area contributed by atoms with E-state index in [4.69, 9.17) is 18.5 Å². The lowest BCUT2D eigenvalue weighted by Crippen LogP contribution is -2.64. The quantitative estimate of drug-likeness (QED) is 0.0124. The Balaban J connectivity index is 2.54. The highest BCUT2D eigenvalue weighted by Crippen LogP contribution is 2.47. The van der Waals surface area contributed by atoms with E-state index in [2.05, 4.69) is 68.5 Å². The lowest BCUT2D eigenvalue weighted by atomic mass is 9.85. The summed E-state index contributed by atoms with van der Waals surface area (Å²) in [5, 5.41) is 71.1. The predicted octanol–water partition coefficient (Wildman–Crippen LogP) is 8.61. The highest BCUT2D eigenvalue weighted by atomic mass is 31.2. The molecule has 1 aliphatic rings. The zero-order chi connectivity index (χ0) is 50.3. The molecule has 1 saturated carbocycles. The summed E-state index contributed by atoms with van der Waals surface area (Å²) >= 11 is 0. The number of carbonyl (C=O) groups is 2. The maximum absolute atomic E-state index is 12.9. The van der Waals surface area contributed by atoms with Gasteiger partial charge in [-0.2, -0.15) is 0 Å². The lowest BCUT2D eigenvalue weighted by Gasteiger charge is -2.41. The molecule has 15 nitrogen and oxygen atoms in total. The number of esters is 2. The van der Waals surface area contributed by atoms with Crippen LogP contribution in [0.4, 0.5) is 0 Å². The van der Waals surface area contributed by atoms with Crippen LogP contribution in [0.3, 0.4) is 0 Å². The summed E-state index contributed by atoms with van der Waals surface area (Å²) in [5.74, 6) is -1.40. The number of aliphatic hydroxyl groups is 7. The van der Waals surface area contributed by atoms with Gasteiger partial charge in [-0.25, -0.2) is 4.57 Å². The second kappa shape index (κ2) is 40.9. The first kappa shape index (κ1) is 63.2. The van der Waals surface area contributed by atoms with E-state index in [9.17, 15) is 54.8 Å². The highest BCUT2D eigenvalue weighted by Gasteiger charge is 2.51. The molecule has 0 heterocycles. The van der Waals surface area contributed by atoms with Crippen LogP contribution in [0.1, 0.15) is 174 Å². The molecule has 0 amide bonds. The smallest absolute Gasteiger partial charge is 0.462 e. The number of ether oxygens (including phenoxy) is 2. The van der Waals surface area contributed by atoms with Gasteiger partial charge in [-0.15, -0.1) is 0 Å². The third-order valence-corrected chi connectivity index (χ3v) is 12.5. The average molecular weight is 985 g/mol. The Morgan fingerprint density at radius 1 is 0.515 bits per heavy atom. The fourth-order valence-corrected chi connectivity index (χ4v) is 8.19. The van der Waals surface area contributed by atoms with Gasteiger partial charge in [0, 0.05) is 12.8 Å². The fraction of sp³-hybridized carbons (Fsp3) is 0.731. The normalized spacial score (nSPS) is 22.6. The number of aliphatic hydroxyl groups excluding tert-OH is 7. The van der Waals surface area contributed by atoms with E-state index < -0.39 is 87.9 Å². The first-order chi connectivity index (χ1) is 32.7. The number of hydrogen-bond donors (Lipinski definition) is 8. The third-order valence-electron chi connectivity index (χ3n) is 11.5. The first-order valence-corrected chi connectivity index (χ1v) is 26.9. The molecule has 0 radical (unpaired) electrons. The van der Waals surface area contributed by atoms with Crippen LogP contribution in [0, 0.1) is 0 Å². The predicted molar refractivity (Wildman–Crippen MR) is 265 cm³/mol. The minimum absolute atomic E-state index is 0.0650. The van der Waals surface area contributed by atoms with Crippen molar-refractivity contribution in [2.45, 2.75) is 229 Å². The van der Waals surface area contributed by atoms with Crippen LogP contribution >= 0.6 is 7.82 Å². The molecule has 16 heteroatoms. The van der Waals surface area contributed by atoms with Gasteiger partial charge in [0.05, 0.1) is 18.8 Å². The number of carbonyl (C=O) groups excluding carboxylic acids is 2. The van der Waals surface area contributed by atoms with Crippen LogP contribution in [-0.2, 0) is 32.7 Å². The van der Waals surface area contributed by atoms with E-state index >= 15 is 0 Å². The van der Waals surface area contributed by atoms with Crippen LogP contribution in [0.15, 0.2) is 72.9 Å². The minimum Gasteiger partial charge on any atom is -0.462 e. The number of phosphoric ester groups is 1. The van der Waals surface area contributed by atoms with Gasteiger partial charge < -0.3 is 50.1 Å². The fourth-order valence-electron chi connectivity index (χ4n) is 7.22. The number of allylic oxidation sites excluding steroid dienone is 11. The van der Waals surface area contributed by atoms with Crippen molar-refractivity contribution >= 4 is 19.8 Å². The molecular weight excluding hydrogens is 896 g/mol. The Labute approximate surface area is 407 Å². The largest absolute Gasteiger partial charge is 0.472 e. The number of hydrogen-bond acceptors (Lipinski definition) is 14. The van der Waals surface area contributed by atoms with E-state index in [0.717, 1.165) is 70.6 Å². The van der Waals surface area contributed by atoms with Gasteiger partial charge in [0.15, 0.2) is 6.10 Å². The monoisotopic (exact) mass is 985 g/mol. The van der Waals surface area contributed by atoms with Crippen molar-refractivity contribution in [1.29, 1.82) is 0 Å². The summed E-state index contributed by atoms with van der Waals surface area (Å²) in [6, 6.07) is 0. The van der Waals surface area contributed by atoms with Crippen LogP contribution in [0.5, 0.6) is 0 Å². The summed E-state index contributed by atoms with van der Waals surface area (Å²) < 4.78 is 33.4. The van der Waals surface area contributed by atoms with Crippen LogP contribution in [0.2, 0.25) is 0 Å². The second-order valence-electron chi connectivity index (χ2n) is 17.6. The van der Waals surface area contributed by atoms with Crippen LogP contribution < -0.4 is 0 Å². The molecule has 1 fully saturated rings. The minimum atomic E-state index is -5.21. The summed E-state index contributed by atoms with van der Waals surface area (Å²) in [6.45, 7) is 3.00. The molecule has 0 bridgehead atoms. The Kier molecular flexibility index (Phi) is 38.0. The maximum atomic E-state index is 12.9. The van der Waals surface area contributed by atoms with Crippen LogP contribution in [0.25, 0.3) is 0 Å². The molecular formula is C52H89O15P. The topological polar surface area (TPSA) is 250 Å². The van der Waals surface area contributed by atoms with E-state index in [1.54, 1.807) is 6.08 Å². The van der Waals surface area contributed by atoms with E-state index in [1.807, 2.05) is 12.2 Å². The summed E-state index contributed by atoms with van der Waals surface area (Å²) in [4.78, 5) is 35.9. The van der Waals surface area contributed by atoms with Gasteiger partial charge in [-0.05, 0) is 89.9 Å². The molecule has 0 aliphatic heterocycles. The number of unbranched alkanes of at least 4 members (excludes halogenated alkanes) is 13. The molecule has 10 atom stereocenters. The average Bonchev–Trinajstić information content (AvgIpc) is 3.32. The molecule has 5 unspecified atom stereocenters. The number of phosphoric acid groups is 1. The molecule has 0 aromatic rings. The molecule has 0 aromatic heterocycles. The standard InChI is InChI=1S/C52H89O15P/c1-3-5-7-9-11-13-15-17-18-19-20-21-22-23-24-26-28-30-32-34-38-45(55)64-40-42(41-65-68(62,63)67-52-50(60)48(58)47(57)49(59)51(52)61)66-46(56)39-35-37-44(54)43(53)36-33-31-29-27-25-16-14-12-10-8-6-4-2/h12-15,18-19,21-22,25,27,31,33,42-44,47-54,57-61H,3-11,16-17,20,23-24,26,28-30,32,34-41H2,1-2H3,(H,62,63)/b14-12-,15-13-,19-18-,22-21-,27-25-,33-31-/t42-,43?,44?,47?,48-,49+,50-,51-,52?/m1/s1. The molecule has 1 rings (SSSR count). The van der Waals surface area contributed by atoms with E-state index in [0.29, 0.717) is 12.8 Å². The Bertz CT molecular complexity index is 1500. The summed E-state index contributed by atoms with van der Waals surface area (Å²) in [7, 11) is -5.21. The first-order valence-electron chi connectivity index (χ1n) is 25.4. The van der Waals surface area contributed by atoms with E-state index in [1.165, 1.54) is 44.9 Å². The Morgan fingerprint density at radius 3 is 1.49 bits per heavy atom. The molecule has 8 N–H and O–H groups in total. The van der Waals surface area contributed by atoms with Crippen molar-refractivity contribution in [2.75, 3.05) is 13.2 Å². The van der Waals surface area contributed by atoms with Crippen molar-refractivity contribution in [2.24, 2.45) is 0 Å². The molecule has 392 valence electrons. The summed E-state index contributed by atoms with van der Waals surface area (Å²) in [6.07, 6.45) is 30.9. The zero-order valence-corrected chi connectivity index (χ0v) is 42.0. The SMILES string of the molecule is CCCCC/C=C\C/C=C\C/C=C\CC(O)C(O)CCCC(=O)O[C@H](COC(=O)CCCCCCCC/C=C\C/C=C\C/C=C\CCCCCC)COP(=O)(O)OC1[C@H](O)[C@H](O)C(O)[C@H](O)[C@H]1O. The summed E-state index contributed by atoms with van der Waals surface area (Å²) in [5.41, 5.74) is 0. The van der Waals surface area contributed by atoms with Gasteiger partial charge in [-0.3, -0.25) is 18.6 Å². The van der Waals surface area contributed by atoms with E-state index in [-0.39, 0.29) is 32.1 Å². The molecule has 1 aliphatic carbocycles. The van der Waals surface area contributed by atoms with Crippen molar-refractivity contribution < 1.29 is 73.3 Å². The van der Waals surface area contributed by atoms with Gasteiger partial charge in [0.25, 0.3) is 0 Å². The second-order valence-corrected chi connectivity index (χ2v) is 19.0. The van der Waals surface area contributed by atoms with Gasteiger partial charge >= 0.3 is 19.8 Å². The molecule has 0 spiro atoms. The Morgan fingerprint density at radius 2 is 0.941 bits per heavy atom. The van der Waals surface area contributed by atoms with Gasteiger partial charge in [0.2, 0.25) is 0 Å².